The molecule has 0 fully saturated rings. The van der Waals surface area contributed by atoms with Crippen molar-refractivity contribution in [3.8, 4) is 5.75 Å². The second-order valence-electron chi connectivity index (χ2n) is 8.31. The van der Waals surface area contributed by atoms with E-state index >= 15 is 0 Å². The second-order valence-corrected chi connectivity index (χ2v) is 13.3. The molecule has 3 aromatic carbocycles. The van der Waals surface area contributed by atoms with Gasteiger partial charge in [-0.05, 0) is 36.4 Å². The Morgan fingerprint density at radius 2 is 1.30 bits per heavy atom. The van der Waals surface area contributed by atoms with Crippen molar-refractivity contribution in [3.63, 3.8) is 0 Å². The molecule has 0 bridgehead atoms. The fourth-order valence-corrected chi connectivity index (χ4v) is 7.60. The Bertz CT molecular complexity index is 1780. The lowest BCUT2D eigenvalue weighted by Gasteiger charge is -2.29. The van der Waals surface area contributed by atoms with Crippen LogP contribution in [0, 0.1) is 0 Å². The molecule has 1 N–H and O–H groups in total. The lowest BCUT2D eigenvalue weighted by molar-refractivity contribution is -0.247. The molecule has 1 aromatic heterocycles. The Hall–Kier alpha value is -3.21. The standard InChI is InChI=1S/C24H17F6NO6S3/c1-31-15-21(17-11-5-6-12-18(17)31)38(16-9-3-2-4-10-16)20-14-8-7-13-19(20)37-40(35,36)24(29,30)22(25,26)23(27,28)39(32,33)34/h2-15H,1H3/p+1. The van der Waals surface area contributed by atoms with Crippen LogP contribution in [-0.4, -0.2) is 42.4 Å². The molecule has 0 aliphatic heterocycles. The number of halogens is 6. The number of hydrogen-bond acceptors (Lipinski definition) is 5. The summed E-state index contributed by atoms with van der Waals surface area (Å²) in [6, 6.07) is 20.0. The van der Waals surface area contributed by atoms with Gasteiger partial charge in [0.25, 0.3) is 0 Å². The summed E-state index contributed by atoms with van der Waals surface area (Å²) >= 11 is 0. The maximum atomic E-state index is 14.6. The van der Waals surface area contributed by atoms with Gasteiger partial charge in [0.15, 0.2) is 15.5 Å². The van der Waals surface area contributed by atoms with Crippen LogP contribution in [0.25, 0.3) is 10.9 Å². The van der Waals surface area contributed by atoms with Gasteiger partial charge in [0.2, 0.25) is 4.90 Å². The molecule has 0 saturated heterocycles. The fraction of sp³-hybridized carbons (Fsp3) is 0.167. The summed E-state index contributed by atoms with van der Waals surface area (Å²) in [5.74, 6) is -8.02. The van der Waals surface area contributed by atoms with E-state index in [1.807, 2.05) is 0 Å². The largest absolute Gasteiger partial charge is 0.450 e. The molecule has 214 valence electrons. The Kier molecular flexibility index (Phi) is 7.45. The molecule has 4 aromatic rings. The van der Waals surface area contributed by atoms with Crippen LogP contribution >= 0.6 is 0 Å². The quantitative estimate of drug-likeness (QED) is 0.111. The normalized spacial score (nSPS) is 14.3. The van der Waals surface area contributed by atoms with Gasteiger partial charge in [0, 0.05) is 7.05 Å². The predicted molar refractivity (Wildman–Crippen MR) is 134 cm³/mol. The van der Waals surface area contributed by atoms with Crippen LogP contribution in [0.15, 0.2) is 99.7 Å². The topological polar surface area (TPSA) is 103 Å². The van der Waals surface area contributed by atoms with E-state index in [1.165, 1.54) is 12.1 Å². The van der Waals surface area contributed by atoms with E-state index in [1.54, 1.807) is 72.4 Å². The summed E-state index contributed by atoms with van der Waals surface area (Å²) in [5.41, 5.74) is 0.746. The van der Waals surface area contributed by atoms with Crippen molar-refractivity contribution in [1.29, 1.82) is 0 Å². The van der Waals surface area contributed by atoms with Gasteiger partial charge in [0.1, 0.15) is 10.9 Å². The smallest absolute Gasteiger partial charge is 0.373 e. The zero-order valence-corrected chi connectivity index (χ0v) is 22.5. The van der Waals surface area contributed by atoms with E-state index in [2.05, 4.69) is 4.18 Å². The van der Waals surface area contributed by atoms with Crippen molar-refractivity contribution in [3.05, 3.63) is 85.1 Å². The SMILES string of the molecule is Cn1cc([S+](c2ccccc2)c2ccccc2OS(=O)(=O)C(F)(F)C(F)(F)C(F)(F)S(=O)(=O)O)c2ccccc21. The minimum absolute atomic E-state index is 0.0886. The Balaban J connectivity index is 1.89. The zero-order chi connectivity index (χ0) is 29.7. The molecule has 1 heterocycles. The van der Waals surface area contributed by atoms with Gasteiger partial charge in [-0.15, -0.1) is 0 Å². The van der Waals surface area contributed by atoms with E-state index < -0.39 is 53.3 Å². The van der Waals surface area contributed by atoms with Crippen LogP contribution in [0.4, 0.5) is 26.3 Å². The summed E-state index contributed by atoms with van der Waals surface area (Å²) < 4.78 is 146. The average molecular weight is 627 g/mol. The molecule has 0 aliphatic rings. The number of nitrogens with zero attached hydrogens (tertiary/aromatic N) is 1. The molecular weight excluding hydrogens is 608 g/mol. The van der Waals surface area contributed by atoms with Gasteiger partial charge in [-0.25, -0.2) is 0 Å². The van der Waals surface area contributed by atoms with Crippen molar-refractivity contribution in [1.82, 2.24) is 4.57 Å². The number of hydrogen-bond donors (Lipinski definition) is 1. The third kappa shape index (κ3) is 4.71. The van der Waals surface area contributed by atoms with Gasteiger partial charge < -0.3 is 8.75 Å². The Labute approximate surface area is 227 Å². The maximum absolute atomic E-state index is 14.6. The number of aryl methyl sites for hydroxylation is 1. The average Bonchev–Trinajstić information content (AvgIpc) is 3.21. The first-order valence-electron chi connectivity index (χ1n) is 10.9. The lowest BCUT2D eigenvalue weighted by Crippen LogP contribution is -2.61. The van der Waals surface area contributed by atoms with E-state index in [0.29, 0.717) is 15.2 Å². The van der Waals surface area contributed by atoms with Gasteiger partial charge in [0.05, 0.1) is 17.1 Å². The molecule has 1 unspecified atom stereocenters. The Morgan fingerprint density at radius 3 is 1.93 bits per heavy atom. The molecule has 0 radical (unpaired) electrons. The van der Waals surface area contributed by atoms with Crippen LogP contribution in [0.3, 0.4) is 0 Å². The van der Waals surface area contributed by atoms with Crippen molar-refractivity contribution >= 4 is 42.0 Å². The highest BCUT2D eigenvalue weighted by Crippen LogP contribution is 2.51. The Morgan fingerprint density at radius 1 is 0.750 bits per heavy atom. The number of para-hydroxylation sites is 2. The molecule has 7 nitrogen and oxygen atoms in total. The highest BCUT2D eigenvalue weighted by Gasteiger charge is 2.83. The monoisotopic (exact) mass is 626 g/mol. The van der Waals surface area contributed by atoms with Crippen molar-refractivity contribution in [2.45, 2.75) is 31.1 Å². The molecule has 4 rings (SSSR count). The summed E-state index contributed by atoms with van der Waals surface area (Å²) in [6.07, 6.45) is 1.70. The van der Waals surface area contributed by atoms with Gasteiger partial charge in [-0.3, -0.25) is 4.55 Å². The van der Waals surface area contributed by atoms with Crippen LogP contribution in [0.2, 0.25) is 0 Å². The number of alkyl halides is 6. The maximum Gasteiger partial charge on any atom is 0.450 e. The molecule has 0 saturated carbocycles. The minimum atomic E-state index is -7.17. The summed E-state index contributed by atoms with van der Waals surface area (Å²) in [4.78, 5) is 1.00. The highest BCUT2D eigenvalue weighted by atomic mass is 32.2. The molecular formula is C24H18F6NO6S3+. The number of rotatable bonds is 9. The van der Waals surface area contributed by atoms with Crippen LogP contribution in [-0.2, 0) is 38.2 Å². The second kappa shape index (κ2) is 10.0. The number of fused-ring (bicyclic) bond motifs is 1. The first-order valence-corrected chi connectivity index (χ1v) is 15.0. The molecule has 0 aliphatic carbocycles. The van der Waals surface area contributed by atoms with Crippen LogP contribution < -0.4 is 4.18 Å². The lowest BCUT2D eigenvalue weighted by atomic mass is 10.2. The van der Waals surface area contributed by atoms with E-state index in [4.69, 9.17) is 4.55 Å². The van der Waals surface area contributed by atoms with Crippen molar-refractivity contribution < 1.29 is 51.9 Å². The van der Waals surface area contributed by atoms with Gasteiger partial charge in [-0.1, -0.05) is 42.5 Å². The summed E-state index contributed by atoms with van der Waals surface area (Å²) in [6.45, 7) is 0. The predicted octanol–water partition coefficient (Wildman–Crippen LogP) is 5.69. The molecule has 16 heteroatoms. The first-order chi connectivity index (χ1) is 18.4. The van der Waals surface area contributed by atoms with E-state index in [9.17, 15) is 43.2 Å². The minimum Gasteiger partial charge on any atom is -0.373 e. The van der Waals surface area contributed by atoms with Crippen molar-refractivity contribution in [2.24, 2.45) is 7.05 Å². The molecule has 0 amide bonds. The van der Waals surface area contributed by atoms with E-state index in [0.717, 1.165) is 17.6 Å². The van der Waals surface area contributed by atoms with Crippen molar-refractivity contribution in [2.75, 3.05) is 0 Å². The van der Waals surface area contributed by atoms with E-state index in [-0.39, 0.29) is 4.90 Å². The third-order valence-electron chi connectivity index (χ3n) is 5.70. The van der Waals surface area contributed by atoms with Gasteiger partial charge in [-0.2, -0.15) is 43.2 Å². The molecule has 0 spiro atoms. The molecule has 1 atom stereocenters. The zero-order valence-electron chi connectivity index (χ0n) is 20.0. The highest BCUT2D eigenvalue weighted by molar-refractivity contribution is 7.97. The van der Waals surface area contributed by atoms with Crippen LogP contribution in [0.1, 0.15) is 0 Å². The summed E-state index contributed by atoms with van der Waals surface area (Å²) in [5, 5.41) is -13.0. The number of aromatic nitrogens is 1. The summed E-state index contributed by atoms with van der Waals surface area (Å²) in [7, 11) is -13.8. The van der Waals surface area contributed by atoms with Gasteiger partial charge >= 0.3 is 36.7 Å². The first kappa shape index (κ1) is 29.8. The van der Waals surface area contributed by atoms with Crippen LogP contribution in [0.5, 0.6) is 5.75 Å². The molecule has 40 heavy (non-hydrogen) atoms. The number of benzene rings is 3. The third-order valence-corrected chi connectivity index (χ3v) is 10.2. The fourth-order valence-electron chi connectivity index (χ4n) is 3.74.